The van der Waals surface area contributed by atoms with E-state index in [0.29, 0.717) is 11.3 Å². The Hall–Kier alpha value is -3.08. The third kappa shape index (κ3) is 2.79. The molecule has 2 aliphatic heterocycles. The molecule has 0 aliphatic carbocycles. The van der Waals surface area contributed by atoms with Gasteiger partial charge in [-0.3, -0.25) is 4.79 Å². The molecule has 1 aromatic heterocycles. The van der Waals surface area contributed by atoms with Crippen molar-refractivity contribution in [1.29, 1.82) is 0 Å². The quantitative estimate of drug-likeness (QED) is 0.722. The van der Waals surface area contributed by atoms with E-state index >= 15 is 0 Å². The maximum absolute atomic E-state index is 13.7. The highest BCUT2D eigenvalue weighted by Gasteiger charge is 2.58. The van der Waals surface area contributed by atoms with Crippen molar-refractivity contribution < 1.29 is 22.4 Å². The smallest absolute Gasteiger partial charge is 0.403 e. The highest BCUT2D eigenvalue weighted by Crippen LogP contribution is 2.42. The maximum Gasteiger partial charge on any atom is 0.406 e. The van der Waals surface area contributed by atoms with Crippen LogP contribution in [0.4, 0.5) is 19.2 Å². The van der Waals surface area contributed by atoms with Crippen molar-refractivity contribution in [3.63, 3.8) is 0 Å². The average Bonchev–Trinajstić information content (AvgIpc) is 3.19. The van der Waals surface area contributed by atoms with Crippen molar-refractivity contribution >= 4 is 17.5 Å². The number of alkyl halides is 3. The molecule has 1 amide bonds. The Balaban J connectivity index is 1.77. The molecule has 1 aromatic carbocycles. The van der Waals surface area contributed by atoms with Crippen LogP contribution in [-0.2, 0) is 4.79 Å². The standard InChI is InChI=1S/C16H15F3N6O2/c1-7-9(13-22-23-15(20)27-13)14(26)25-12(21-7)10(8-5-3-2-4-6-8)11(24-25)16(17,18)19/h2-6,10-12,21,24H,1H3,(H2,20,23). The second-order valence-corrected chi connectivity index (χ2v) is 6.29. The van der Waals surface area contributed by atoms with E-state index in [-0.39, 0.29) is 17.5 Å². The van der Waals surface area contributed by atoms with Crippen LogP contribution in [0.3, 0.4) is 0 Å². The molecule has 4 rings (SSSR count). The minimum Gasteiger partial charge on any atom is -0.403 e. The fourth-order valence-corrected chi connectivity index (χ4v) is 3.48. The molecule has 4 N–H and O–H groups in total. The van der Waals surface area contributed by atoms with Gasteiger partial charge in [-0.25, -0.2) is 10.4 Å². The number of hydrogen-bond donors (Lipinski definition) is 3. The number of amides is 1. The molecule has 142 valence electrons. The number of carbonyl (C=O) groups excluding carboxylic acids is 1. The van der Waals surface area contributed by atoms with Crippen molar-refractivity contribution in [2.75, 3.05) is 5.73 Å². The minimum absolute atomic E-state index is 0.0300. The Bertz CT molecular complexity index is 910. The molecule has 2 aliphatic rings. The summed E-state index contributed by atoms with van der Waals surface area (Å²) in [6.45, 7) is 1.56. The zero-order valence-corrected chi connectivity index (χ0v) is 14.0. The van der Waals surface area contributed by atoms with Crippen LogP contribution in [0, 0.1) is 0 Å². The zero-order chi connectivity index (χ0) is 19.3. The molecule has 3 unspecified atom stereocenters. The zero-order valence-electron chi connectivity index (χ0n) is 14.0. The van der Waals surface area contributed by atoms with Crippen molar-refractivity contribution in [3.05, 3.63) is 47.5 Å². The van der Waals surface area contributed by atoms with Crippen molar-refractivity contribution in [1.82, 2.24) is 25.9 Å². The molecular formula is C16H15F3N6O2. The summed E-state index contributed by atoms with van der Waals surface area (Å²) in [5.74, 6) is -1.90. The third-order valence-corrected chi connectivity index (χ3v) is 4.62. The van der Waals surface area contributed by atoms with E-state index in [9.17, 15) is 18.0 Å². The molecule has 1 saturated heterocycles. The Morgan fingerprint density at radius 2 is 1.93 bits per heavy atom. The summed E-state index contributed by atoms with van der Waals surface area (Å²) in [4.78, 5) is 12.9. The number of rotatable bonds is 2. The Kier molecular flexibility index (Phi) is 3.84. The number of nitrogens with zero attached hydrogens (tertiary/aromatic N) is 3. The van der Waals surface area contributed by atoms with Gasteiger partial charge >= 0.3 is 12.2 Å². The van der Waals surface area contributed by atoms with Gasteiger partial charge in [-0.15, -0.1) is 5.10 Å². The summed E-state index contributed by atoms with van der Waals surface area (Å²) >= 11 is 0. The molecule has 0 spiro atoms. The first-order valence-corrected chi connectivity index (χ1v) is 8.05. The number of fused-ring (bicyclic) bond motifs is 1. The molecule has 1 fully saturated rings. The Labute approximate surface area is 151 Å². The van der Waals surface area contributed by atoms with Crippen molar-refractivity contribution in [3.8, 4) is 0 Å². The molecule has 27 heavy (non-hydrogen) atoms. The lowest BCUT2D eigenvalue weighted by atomic mass is 9.89. The number of hydrogen-bond acceptors (Lipinski definition) is 7. The predicted molar refractivity (Wildman–Crippen MR) is 87.2 cm³/mol. The van der Waals surface area contributed by atoms with Crippen LogP contribution in [-0.4, -0.2) is 39.5 Å². The SMILES string of the molecule is CC1=C(c2nnc(N)o2)C(=O)N2NC(C(F)(F)F)C(c3ccccc3)C2N1. The van der Waals surface area contributed by atoms with Crippen LogP contribution in [0.25, 0.3) is 5.57 Å². The second-order valence-electron chi connectivity index (χ2n) is 6.29. The molecule has 0 saturated carbocycles. The summed E-state index contributed by atoms with van der Waals surface area (Å²) in [5, 5.41) is 11.1. The summed E-state index contributed by atoms with van der Waals surface area (Å²) in [6.07, 6.45) is -5.50. The van der Waals surface area contributed by atoms with Gasteiger partial charge < -0.3 is 15.5 Å². The third-order valence-electron chi connectivity index (χ3n) is 4.62. The minimum atomic E-state index is -4.57. The van der Waals surface area contributed by atoms with Gasteiger partial charge in [0.15, 0.2) is 0 Å². The van der Waals surface area contributed by atoms with Crippen LogP contribution in [0.1, 0.15) is 24.3 Å². The van der Waals surface area contributed by atoms with Gasteiger partial charge in [-0.2, -0.15) is 13.2 Å². The lowest BCUT2D eigenvalue weighted by Crippen LogP contribution is -2.54. The first-order chi connectivity index (χ1) is 12.8. The summed E-state index contributed by atoms with van der Waals surface area (Å²) in [6, 6.07) is 6.06. The van der Waals surface area contributed by atoms with Gasteiger partial charge in [0.05, 0.1) is 5.92 Å². The monoisotopic (exact) mass is 380 g/mol. The van der Waals surface area contributed by atoms with Crippen LogP contribution in [0.5, 0.6) is 0 Å². The van der Waals surface area contributed by atoms with E-state index in [1.165, 1.54) is 0 Å². The van der Waals surface area contributed by atoms with Gasteiger partial charge in [-0.1, -0.05) is 35.4 Å². The molecule has 0 bridgehead atoms. The van der Waals surface area contributed by atoms with Gasteiger partial charge in [0.1, 0.15) is 17.8 Å². The van der Waals surface area contributed by atoms with Gasteiger partial charge in [0.25, 0.3) is 11.8 Å². The van der Waals surface area contributed by atoms with Gasteiger partial charge in [-0.05, 0) is 12.5 Å². The largest absolute Gasteiger partial charge is 0.406 e. The normalized spacial score (nSPS) is 25.6. The van der Waals surface area contributed by atoms with Crippen LogP contribution in [0.15, 0.2) is 40.4 Å². The summed E-state index contributed by atoms with van der Waals surface area (Å²) in [5.41, 5.74) is 8.44. The van der Waals surface area contributed by atoms with Crippen LogP contribution >= 0.6 is 0 Å². The number of nitrogens with one attached hydrogen (secondary N) is 2. The van der Waals surface area contributed by atoms with Crippen LogP contribution in [0.2, 0.25) is 0 Å². The lowest BCUT2D eigenvalue weighted by Gasteiger charge is -2.34. The van der Waals surface area contributed by atoms with Crippen molar-refractivity contribution in [2.24, 2.45) is 0 Å². The first-order valence-electron chi connectivity index (χ1n) is 8.05. The first kappa shape index (κ1) is 17.3. The highest BCUT2D eigenvalue weighted by atomic mass is 19.4. The summed E-state index contributed by atoms with van der Waals surface area (Å²) in [7, 11) is 0. The molecular weight excluding hydrogens is 365 g/mol. The van der Waals surface area contributed by atoms with E-state index in [1.54, 1.807) is 37.3 Å². The van der Waals surface area contributed by atoms with E-state index in [4.69, 9.17) is 10.2 Å². The maximum atomic E-state index is 13.7. The number of halogens is 3. The molecule has 3 heterocycles. The number of aromatic nitrogens is 2. The van der Waals surface area contributed by atoms with Crippen LogP contribution < -0.4 is 16.5 Å². The molecule has 3 atom stereocenters. The Morgan fingerprint density at radius 1 is 1.22 bits per heavy atom. The Morgan fingerprint density at radius 3 is 2.52 bits per heavy atom. The van der Waals surface area contributed by atoms with E-state index in [2.05, 4.69) is 20.9 Å². The number of benzene rings is 1. The number of nitrogen functional groups attached to an aromatic ring is 1. The van der Waals surface area contributed by atoms with E-state index < -0.39 is 30.2 Å². The lowest BCUT2D eigenvalue weighted by molar-refractivity contribution is -0.161. The second kappa shape index (κ2) is 5.98. The number of hydrazine groups is 1. The number of nitrogens with two attached hydrogens (primary N) is 1. The topological polar surface area (TPSA) is 109 Å². The molecule has 2 aromatic rings. The number of anilines is 1. The van der Waals surface area contributed by atoms with Crippen molar-refractivity contribution in [2.45, 2.75) is 31.2 Å². The number of allylic oxidation sites excluding steroid dienone is 1. The van der Waals surface area contributed by atoms with Gasteiger partial charge in [0, 0.05) is 5.70 Å². The molecule has 8 nitrogen and oxygen atoms in total. The fourth-order valence-electron chi connectivity index (χ4n) is 3.48. The van der Waals surface area contributed by atoms with E-state index in [0.717, 1.165) is 5.01 Å². The fraction of sp³-hybridized carbons (Fsp3) is 0.312. The summed E-state index contributed by atoms with van der Waals surface area (Å²) < 4.78 is 46.1. The highest BCUT2D eigenvalue weighted by molar-refractivity contribution is 6.19. The van der Waals surface area contributed by atoms with Gasteiger partial charge in [0.2, 0.25) is 0 Å². The average molecular weight is 380 g/mol. The van der Waals surface area contributed by atoms with E-state index in [1.807, 2.05) is 0 Å². The predicted octanol–water partition coefficient (Wildman–Crippen LogP) is 1.37. The molecule has 11 heteroatoms. The molecule has 0 radical (unpaired) electrons. The number of carbonyl (C=O) groups is 1.